The van der Waals surface area contributed by atoms with Crippen molar-refractivity contribution in [2.45, 2.75) is 26.9 Å². The molecule has 2 aromatic rings. The molecule has 0 atom stereocenters. The van der Waals surface area contributed by atoms with E-state index in [1.165, 1.54) is 0 Å². The maximum absolute atomic E-state index is 5.49. The predicted octanol–water partition coefficient (Wildman–Crippen LogP) is 3.28. The van der Waals surface area contributed by atoms with E-state index in [0.29, 0.717) is 36.3 Å². The Morgan fingerprint density at radius 1 is 0.793 bits per heavy atom. The van der Waals surface area contributed by atoms with Crippen molar-refractivity contribution >= 4 is 5.96 Å². The first-order valence-corrected chi connectivity index (χ1v) is 9.50. The number of methoxy groups -OCH3 is 4. The summed E-state index contributed by atoms with van der Waals surface area (Å²) in [7, 11) is 6.52. The van der Waals surface area contributed by atoms with Gasteiger partial charge < -0.3 is 29.6 Å². The van der Waals surface area contributed by atoms with Gasteiger partial charge in [0.15, 0.2) is 17.5 Å². The lowest BCUT2D eigenvalue weighted by Gasteiger charge is -2.15. The Kier molecular flexibility index (Phi) is 8.45. The number of benzene rings is 2. The Morgan fingerprint density at radius 3 is 2.03 bits per heavy atom. The molecule has 0 unspecified atom stereocenters. The van der Waals surface area contributed by atoms with Gasteiger partial charge in [0.1, 0.15) is 11.5 Å². The highest BCUT2D eigenvalue weighted by atomic mass is 16.5. The third-order valence-electron chi connectivity index (χ3n) is 4.43. The molecule has 0 aliphatic rings. The van der Waals surface area contributed by atoms with Crippen molar-refractivity contribution in [3.63, 3.8) is 0 Å². The molecule has 0 saturated carbocycles. The number of ether oxygens (including phenoxy) is 4. The fourth-order valence-electron chi connectivity index (χ4n) is 2.90. The van der Waals surface area contributed by atoms with Crippen LogP contribution in [0.5, 0.6) is 23.0 Å². The maximum atomic E-state index is 5.49. The second-order valence-corrected chi connectivity index (χ2v) is 6.38. The topological polar surface area (TPSA) is 73.3 Å². The molecule has 2 N–H and O–H groups in total. The van der Waals surface area contributed by atoms with E-state index in [4.69, 9.17) is 18.9 Å². The minimum atomic E-state index is 0.421. The zero-order valence-corrected chi connectivity index (χ0v) is 18.1. The number of guanidine groups is 1. The molecule has 0 bridgehead atoms. The Bertz CT molecular complexity index is 837. The maximum Gasteiger partial charge on any atom is 0.191 e. The van der Waals surface area contributed by atoms with Crippen molar-refractivity contribution < 1.29 is 18.9 Å². The smallest absolute Gasteiger partial charge is 0.191 e. The van der Waals surface area contributed by atoms with Gasteiger partial charge in [-0.15, -0.1) is 0 Å². The van der Waals surface area contributed by atoms with Crippen LogP contribution in [0, 0.1) is 6.92 Å². The number of aliphatic imine (C=N–C) groups is 1. The summed E-state index contributed by atoms with van der Waals surface area (Å²) >= 11 is 0. The van der Waals surface area contributed by atoms with Crippen LogP contribution < -0.4 is 29.6 Å². The number of hydrogen-bond donors (Lipinski definition) is 2. The molecule has 0 aliphatic carbocycles. The summed E-state index contributed by atoms with van der Waals surface area (Å²) in [5.41, 5.74) is 3.12. The standard InChI is InChI=1S/C22H31N3O4/c1-7-23-22(24-13-16-9-8-15(2)10-18(16)26-3)25-14-17-11-20(28-5)21(29-6)12-19(17)27-4/h8-12H,7,13-14H2,1-6H3,(H2,23,24,25). The third-order valence-corrected chi connectivity index (χ3v) is 4.43. The van der Waals surface area contributed by atoms with Gasteiger partial charge in [0.2, 0.25) is 0 Å². The third kappa shape index (κ3) is 5.94. The molecule has 2 aromatic carbocycles. The van der Waals surface area contributed by atoms with E-state index >= 15 is 0 Å². The average Bonchev–Trinajstić information content (AvgIpc) is 2.75. The number of rotatable bonds is 9. The number of nitrogens with one attached hydrogen (secondary N) is 2. The normalized spacial score (nSPS) is 11.0. The Balaban J connectivity index is 2.19. The van der Waals surface area contributed by atoms with Crippen LogP contribution in [0.25, 0.3) is 0 Å². The molecule has 29 heavy (non-hydrogen) atoms. The zero-order valence-electron chi connectivity index (χ0n) is 18.1. The molecule has 7 heteroatoms. The fourth-order valence-corrected chi connectivity index (χ4v) is 2.90. The molecule has 0 aromatic heterocycles. The van der Waals surface area contributed by atoms with Crippen LogP contribution in [0.2, 0.25) is 0 Å². The number of aryl methyl sites for hydroxylation is 1. The van der Waals surface area contributed by atoms with Gasteiger partial charge in [-0.1, -0.05) is 12.1 Å². The van der Waals surface area contributed by atoms with Crippen LogP contribution in [0.15, 0.2) is 35.3 Å². The van der Waals surface area contributed by atoms with Crippen LogP contribution in [0.3, 0.4) is 0 Å². The first-order valence-electron chi connectivity index (χ1n) is 9.50. The Morgan fingerprint density at radius 2 is 1.41 bits per heavy atom. The number of hydrogen-bond acceptors (Lipinski definition) is 5. The Hall–Kier alpha value is -3.09. The molecule has 0 saturated heterocycles. The van der Waals surface area contributed by atoms with Crippen LogP contribution in [-0.2, 0) is 13.1 Å². The zero-order chi connectivity index (χ0) is 21.2. The molecule has 0 radical (unpaired) electrons. The van der Waals surface area contributed by atoms with Crippen LogP contribution in [-0.4, -0.2) is 40.9 Å². The van der Waals surface area contributed by atoms with E-state index < -0.39 is 0 Å². The summed E-state index contributed by atoms with van der Waals surface area (Å²) < 4.78 is 21.7. The minimum Gasteiger partial charge on any atom is -0.496 e. The molecule has 0 fully saturated rings. The average molecular weight is 402 g/mol. The van der Waals surface area contributed by atoms with Crippen molar-refractivity contribution in [3.05, 3.63) is 47.0 Å². The minimum absolute atomic E-state index is 0.421. The molecular formula is C22H31N3O4. The summed E-state index contributed by atoms with van der Waals surface area (Å²) in [5, 5.41) is 6.61. The highest BCUT2D eigenvalue weighted by Crippen LogP contribution is 2.34. The summed E-state index contributed by atoms with van der Waals surface area (Å²) in [6.45, 7) is 5.84. The van der Waals surface area contributed by atoms with E-state index in [0.717, 1.165) is 29.0 Å². The lowest BCUT2D eigenvalue weighted by atomic mass is 10.1. The van der Waals surface area contributed by atoms with Gasteiger partial charge in [-0.25, -0.2) is 4.99 Å². The lowest BCUT2D eigenvalue weighted by molar-refractivity contribution is 0.347. The van der Waals surface area contributed by atoms with E-state index in [-0.39, 0.29) is 0 Å². The highest BCUT2D eigenvalue weighted by molar-refractivity contribution is 5.79. The first-order chi connectivity index (χ1) is 14.1. The lowest BCUT2D eigenvalue weighted by Crippen LogP contribution is -2.36. The highest BCUT2D eigenvalue weighted by Gasteiger charge is 2.12. The Labute approximate surface area is 173 Å². The molecular weight excluding hydrogens is 370 g/mol. The van der Waals surface area contributed by atoms with E-state index in [1.54, 1.807) is 34.5 Å². The predicted molar refractivity (Wildman–Crippen MR) is 115 cm³/mol. The van der Waals surface area contributed by atoms with Crippen molar-refractivity contribution in [1.29, 1.82) is 0 Å². The second-order valence-electron chi connectivity index (χ2n) is 6.38. The molecule has 2 rings (SSSR count). The van der Waals surface area contributed by atoms with Gasteiger partial charge in [-0.3, -0.25) is 0 Å². The monoisotopic (exact) mass is 401 g/mol. The van der Waals surface area contributed by atoms with Gasteiger partial charge in [0.25, 0.3) is 0 Å². The fraction of sp³-hybridized carbons (Fsp3) is 0.409. The largest absolute Gasteiger partial charge is 0.496 e. The van der Waals surface area contributed by atoms with Gasteiger partial charge >= 0.3 is 0 Å². The summed E-state index contributed by atoms with van der Waals surface area (Å²) in [6, 6.07) is 9.84. The van der Waals surface area contributed by atoms with Crippen LogP contribution >= 0.6 is 0 Å². The molecule has 0 spiro atoms. The van der Waals surface area contributed by atoms with Gasteiger partial charge in [-0.05, 0) is 31.5 Å². The SMILES string of the molecule is CCNC(=NCc1cc(OC)c(OC)cc1OC)NCc1ccc(C)cc1OC. The second kappa shape index (κ2) is 11.0. The van der Waals surface area contributed by atoms with Crippen LogP contribution in [0.1, 0.15) is 23.6 Å². The molecule has 0 heterocycles. The van der Waals surface area contributed by atoms with Gasteiger partial charge in [0.05, 0.1) is 35.0 Å². The van der Waals surface area contributed by atoms with Crippen molar-refractivity contribution in [2.75, 3.05) is 35.0 Å². The number of nitrogens with zero attached hydrogens (tertiary/aromatic N) is 1. The van der Waals surface area contributed by atoms with Gasteiger partial charge in [-0.2, -0.15) is 0 Å². The van der Waals surface area contributed by atoms with E-state index in [1.807, 2.05) is 26.0 Å². The molecule has 0 aliphatic heterocycles. The van der Waals surface area contributed by atoms with E-state index in [2.05, 4.69) is 27.8 Å². The van der Waals surface area contributed by atoms with Crippen molar-refractivity contribution in [1.82, 2.24) is 10.6 Å². The van der Waals surface area contributed by atoms with Crippen molar-refractivity contribution in [2.24, 2.45) is 4.99 Å². The van der Waals surface area contributed by atoms with Crippen LogP contribution in [0.4, 0.5) is 0 Å². The quantitative estimate of drug-likeness (QED) is 0.496. The molecule has 7 nitrogen and oxygen atoms in total. The summed E-state index contributed by atoms with van der Waals surface area (Å²) in [6.07, 6.45) is 0. The molecule has 158 valence electrons. The van der Waals surface area contributed by atoms with Crippen molar-refractivity contribution in [3.8, 4) is 23.0 Å². The van der Waals surface area contributed by atoms with E-state index in [9.17, 15) is 0 Å². The first kappa shape index (κ1) is 22.2. The summed E-state index contributed by atoms with van der Waals surface area (Å²) in [5.74, 6) is 3.51. The van der Waals surface area contributed by atoms with Gasteiger partial charge in [0, 0.05) is 30.3 Å². The molecule has 0 amide bonds. The summed E-state index contributed by atoms with van der Waals surface area (Å²) in [4.78, 5) is 4.69.